The lowest BCUT2D eigenvalue weighted by Gasteiger charge is -2.21. The molecule has 0 saturated carbocycles. The SMILES string of the molecule is CN=C(NCCc1c[nH]c2ccc(F)cc12)N1CCC(c2ccccc2)C1.I. The number of aliphatic imine (C=N–C) groups is 1. The number of hydrogen-bond donors (Lipinski definition) is 2. The molecule has 0 radical (unpaired) electrons. The Bertz CT molecular complexity index is 938. The fraction of sp³-hybridized carbons (Fsp3) is 0.318. The van der Waals surface area contributed by atoms with Gasteiger partial charge >= 0.3 is 0 Å². The van der Waals surface area contributed by atoms with Gasteiger partial charge in [0.25, 0.3) is 0 Å². The molecule has 1 saturated heterocycles. The molecule has 0 amide bonds. The van der Waals surface area contributed by atoms with E-state index in [1.807, 2.05) is 13.2 Å². The molecule has 3 aromatic rings. The second-order valence-electron chi connectivity index (χ2n) is 7.07. The average molecular weight is 492 g/mol. The summed E-state index contributed by atoms with van der Waals surface area (Å²) >= 11 is 0. The third-order valence-electron chi connectivity index (χ3n) is 5.38. The van der Waals surface area contributed by atoms with E-state index in [1.54, 1.807) is 12.1 Å². The Hall–Kier alpha value is -2.09. The summed E-state index contributed by atoms with van der Waals surface area (Å²) in [7, 11) is 1.83. The molecule has 2 aromatic carbocycles. The summed E-state index contributed by atoms with van der Waals surface area (Å²) in [6, 6.07) is 15.6. The van der Waals surface area contributed by atoms with Crippen molar-refractivity contribution in [1.82, 2.24) is 15.2 Å². The van der Waals surface area contributed by atoms with E-state index in [0.717, 1.165) is 54.9 Å². The molecular weight excluding hydrogens is 466 g/mol. The number of nitrogens with one attached hydrogen (secondary N) is 2. The van der Waals surface area contributed by atoms with Crippen LogP contribution in [0.1, 0.15) is 23.5 Å². The molecule has 0 bridgehead atoms. The zero-order valence-electron chi connectivity index (χ0n) is 16.0. The number of guanidine groups is 1. The monoisotopic (exact) mass is 492 g/mol. The number of rotatable bonds is 4. The van der Waals surface area contributed by atoms with Crippen molar-refractivity contribution in [2.24, 2.45) is 4.99 Å². The molecule has 6 heteroatoms. The van der Waals surface area contributed by atoms with Crippen molar-refractivity contribution in [3.63, 3.8) is 0 Å². The number of likely N-dealkylation sites (tertiary alicyclic amines) is 1. The lowest BCUT2D eigenvalue weighted by Crippen LogP contribution is -2.40. The van der Waals surface area contributed by atoms with Gasteiger partial charge in [0.05, 0.1) is 0 Å². The Morgan fingerprint density at radius 3 is 2.86 bits per heavy atom. The molecule has 1 atom stereocenters. The number of nitrogens with zero attached hydrogens (tertiary/aromatic N) is 2. The van der Waals surface area contributed by atoms with Crippen LogP contribution < -0.4 is 5.32 Å². The Morgan fingerprint density at radius 1 is 1.25 bits per heavy atom. The minimum Gasteiger partial charge on any atom is -0.361 e. The first-order valence-corrected chi connectivity index (χ1v) is 9.50. The normalized spacial score (nSPS) is 17.0. The van der Waals surface area contributed by atoms with Crippen molar-refractivity contribution in [2.75, 3.05) is 26.7 Å². The number of benzene rings is 2. The molecule has 0 spiro atoms. The Kier molecular flexibility index (Phi) is 6.93. The maximum absolute atomic E-state index is 13.5. The van der Waals surface area contributed by atoms with Crippen molar-refractivity contribution < 1.29 is 4.39 Å². The third kappa shape index (κ3) is 4.48. The number of fused-ring (bicyclic) bond motifs is 1. The van der Waals surface area contributed by atoms with Gasteiger partial charge in [-0.25, -0.2) is 4.39 Å². The van der Waals surface area contributed by atoms with Gasteiger partial charge in [0.15, 0.2) is 5.96 Å². The highest BCUT2D eigenvalue weighted by atomic mass is 127. The van der Waals surface area contributed by atoms with Crippen LogP contribution in [0.5, 0.6) is 0 Å². The van der Waals surface area contributed by atoms with Crippen LogP contribution in [0, 0.1) is 5.82 Å². The predicted octanol–water partition coefficient (Wildman–Crippen LogP) is 4.53. The van der Waals surface area contributed by atoms with Crippen LogP contribution in [0.3, 0.4) is 0 Å². The summed E-state index contributed by atoms with van der Waals surface area (Å²) in [4.78, 5) is 9.99. The van der Waals surface area contributed by atoms with E-state index in [1.165, 1.54) is 11.6 Å². The van der Waals surface area contributed by atoms with Crippen molar-refractivity contribution in [1.29, 1.82) is 0 Å². The van der Waals surface area contributed by atoms with E-state index in [0.29, 0.717) is 5.92 Å². The second-order valence-corrected chi connectivity index (χ2v) is 7.07. The van der Waals surface area contributed by atoms with Crippen LogP contribution in [0.4, 0.5) is 4.39 Å². The maximum atomic E-state index is 13.5. The molecule has 148 valence electrons. The zero-order valence-corrected chi connectivity index (χ0v) is 18.3. The fourth-order valence-electron chi connectivity index (χ4n) is 3.95. The first-order chi connectivity index (χ1) is 13.2. The molecule has 1 fully saturated rings. The largest absolute Gasteiger partial charge is 0.361 e. The Balaban J connectivity index is 0.00000225. The Morgan fingerprint density at radius 2 is 2.07 bits per heavy atom. The van der Waals surface area contributed by atoms with E-state index in [2.05, 4.69) is 50.5 Å². The number of hydrogen-bond acceptors (Lipinski definition) is 1. The third-order valence-corrected chi connectivity index (χ3v) is 5.38. The molecule has 2 N–H and O–H groups in total. The first-order valence-electron chi connectivity index (χ1n) is 9.50. The van der Waals surface area contributed by atoms with E-state index in [4.69, 9.17) is 0 Å². The molecular formula is C22H26FIN4. The molecule has 2 heterocycles. The smallest absolute Gasteiger partial charge is 0.193 e. The lowest BCUT2D eigenvalue weighted by atomic mass is 9.99. The standard InChI is InChI=1S/C22H25FN4.HI/c1-24-22(27-12-10-18(15-27)16-5-3-2-4-6-16)25-11-9-17-14-26-21-8-7-19(23)13-20(17)21;/h2-8,13-14,18,26H,9-12,15H2,1H3,(H,24,25);1H. The van der Waals surface area contributed by atoms with Crippen LogP contribution in [0.25, 0.3) is 10.9 Å². The van der Waals surface area contributed by atoms with Gasteiger partial charge < -0.3 is 15.2 Å². The Labute approximate surface area is 182 Å². The maximum Gasteiger partial charge on any atom is 0.193 e. The molecule has 1 aliphatic heterocycles. The number of aromatic nitrogens is 1. The minimum atomic E-state index is -0.198. The molecule has 4 rings (SSSR count). The van der Waals surface area contributed by atoms with Crippen LogP contribution in [0.15, 0.2) is 59.7 Å². The van der Waals surface area contributed by atoms with Gasteiger partial charge in [-0.3, -0.25) is 4.99 Å². The predicted molar refractivity (Wildman–Crippen MR) is 124 cm³/mol. The molecule has 1 unspecified atom stereocenters. The topological polar surface area (TPSA) is 43.4 Å². The van der Waals surface area contributed by atoms with E-state index in [9.17, 15) is 4.39 Å². The summed E-state index contributed by atoms with van der Waals surface area (Å²) in [6.07, 6.45) is 3.93. The summed E-state index contributed by atoms with van der Waals surface area (Å²) < 4.78 is 13.5. The summed E-state index contributed by atoms with van der Waals surface area (Å²) in [5.74, 6) is 1.30. The lowest BCUT2D eigenvalue weighted by molar-refractivity contribution is 0.486. The summed E-state index contributed by atoms with van der Waals surface area (Å²) in [5, 5.41) is 4.42. The van der Waals surface area contributed by atoms with E-state index in [-0.39, 0.29) is 29.8 Å². The van der Waals surface area contributed by atoms with Crippen molar-refractivity contribution in [2.45, 2.75) is 18.8 Å². The second kappa shape index (κ2) is 9.41. The first kappa shape index (κ1) is 20.6. The van der Waals surface area contributed by atoms with E-state index < -0.39 is 0 Å². The fourth-order valence-corrected chi connectivity index (χ4v) is 3.95. The van der Waals surface area contributed by atoms with Gasteiger partial charge in [0.2, 0.25) is 0 Å². The molecule has 1 aromatic heterocycles. The molecule has 4 nitrogen and oxygen atoms in total. The van der Waals surface area contributed by atoms with Gasteiger partial charge in [-0.05, 0) is 42.2 Å². The van der Waals surface area contributed by atoms with Crippen molar-refractivity contribution in [3.05, 3.63) is 71.7 Å². The van der Waals surface area contributed by atoms with Crippen LogP contribution in [-0.2, 0) is 6.42 Å². The van der Waals surface area contributed by atoms with Gasteiger partial charge in [0, 0.05) is 49.7 Å². The average Bonchev–Trinajstić information content (AvgIpc) is 3.33. The van der Waals surface area contributed by atoms with Crippen LogP contribution in [0.2, 0.25) is 0 Å². The number of H-pyrrole nitrogens is 1. The van der Waals surface area contributed by atoms with Crippen molar-refractivity contribution in [3.8, 4) is 0 Å². The number of halogens is 2. The highest BCUT2D eigenvalue weighted by Gasteiger charge is 2.25. The van der Waals surface area contributed by atoms with Gasteiger partial charge in [0.1, 0.15) is 5.82 Å². The quantitative estimate of drug-likeness (QED) is 0.319. The van der Waals surface area contributed by atoms with Crippen molar-refractivity contribution >= 4 is 40.8 Å². The van der Waals surface area contributed by atoms with E-state index >= 15 is 0 Å². The van der Waals surface area contributed by atoms with Gasteiger partial charge in [-0.1, -0.05) is 30.3 Å². The highest BCUT2D eigenvalue weighted by molar-refractivity contribution is 14.0. The molecule has 1 aliphatic rings. The number of aromatic amines is 1. The minimum absolute atomic E-state index is 0. The van der Waals surface area contributed by atoms with Crippen LogP contribution in [-0.4, -0.2) is 42.5 Å². The van der Waals surface area contributed by atoms with Crippen LogP contribution >= 0.6 is 24.0 Å². The van der Waals surface area contributed by atoms with Gasteiger partial charge in [-0.2, -0.15) is 0 Å². The molecule has 0 aliphatic carbocycles. The molecule has 28 heavy (non-hydrogen) atoms. The van der Waals surface area contributed by atoms with Gasteiger partial charge in [-0.15, -0.1) is 24.0 Å². The summed E-state index contributed by atoms with van der Waals surface area (Å²) in [6.45, 7) is 2.77. The zero-order chi connectivity index (χ0) is 18.6. The summed E-state index contributed by atoms with van der Waals surface area (Å²) in [5.41, 5.74) is 3.49. The highest BCUT2D eigenvalue weighted by Crippen LogP contribution is 2.27.